The molecule has 2 aromatic carbocycles. The van der Waals surface area contributed by atoms with Crippen LogP contribution >= 0.6 is 12.2 Å². The van der Waals surface area contributed by atoms with Gasteiger partial charge in [-0.1, -0.05) is 32.9 Å². The number of nitrogens with zero attached hydrogens (tertiary/aromatic N) is 2. The lowest BCUT2D eigenvalue weighted by molar-refractivity contribution is 0.0615. The van der Waals surface area contributed by atoms with Gasteiger partial charge in [0, 0.05) is 26.3 Å². The standard InChI is InChI=1S/C25H33N3O3S2/c1-4-19-5-7-21(8-6-19)28(16-18(2)3)33(29,30)22-9-10-24-23(15-22)26-25(32)27(24)17-20-11-13-31-14-12-20/h5-10,15,18,20H,4,11-14,16-17H2,1-3H3,(H,26,32). The molecule has 1 fully saturated rings. The van der Waals surface area contributed by atoms with Crippen molar-refractivity contribution in [3.63, 3.8) is 0 Å². The molecule has 0 saturated carbocycles. The molecule has 1 aliphatic rings. The van der Waals surface area contributed by atoms with Crippen molar-refractivity contribution in [2.24, 2.45) is 11.8 Å². The molecule has 33 heavy (non-hydrogen) atoms. The van der Waals surface area contributed by atoms with Crippen molar-refractivity contribution in [3.8, 4) is 0 Å². The lowest BCUT2D eigenvalue weighted by atomic mass is 10.0. The van der Waals surface area contributed by atoms with E-state index in [4.69, 9.17) is 17.0 Å². The third-order valence-corrected chi connectivity index (χ3v) is 8.39. The van der Waals surface area contributed by atoms with Crippen molar-refractivity contribution in [2.45, 2.75) is 51.5 Å². The number of H-pyrrole nitrogens is 1. The van der Waals surface area contributed by atoms with Gasteiger partial charge in [-0.25, -0.2) is 8.42 Å². The summed E-state index contributed by atoms with van der Waals surface area (Å²) in [6.45, 7) is 8.94. The Hall–Kier alpha value is -2.16. The van der Waals surface area contributed by atoms with E-state index in [-0.39, 0.29) is 10.8 Å². The van der Waals surface area contributed by atoms with Crippen LogP contribution in [0.2, 0.25) is 0 Å². The number of aromatic amines is 1. The quantitative estimate of drug-likeness (QED) is 0.424. The minimum absolute atomic E-state index is 0.181. The summed E-state index contributed by atoms with van der Waals surface area (Å²) >= 11 is 5.58. The van der Waals surface area contributed by atoms with E-state index in [1.807, 2.05) is 44.2 Å². The summed E-state index contributed by atoms with van der Waals surface area (Å²) in [7, 11) is -3.74. The first kappa shape index (κ1) is 24.0. The number of aromatic nitrogens is 2. The maximum Gasteiger partial charge on any atom is 0.264 e. The molecule has 0 atom stereocenters. The summed E-state index contributed by atoms with van der Waals surface area (Å²) in [5.41, 5.74) is 3.55. The van der Waals surface area contributed by atoms with E-state index in [1.165, 1.54) is 9.87 Å². The average Bonchev–Trinajstić information content (AvgIpc) is 3.12. The molecule has 0 bridgehead atoms. The maximum atomic E-state index is 13.7. The molecule has 178 valence electrons. The first-order valence-corrected chi connectivity index (χ1v) is 13.6. The number of hydrogen-bond donors (Lipinski definition) is 1. The summed E-state index contributed by atoms with van der Waals surface area (Å²) in [6, 6.07) is 13.1. The number of rotatable bonds is 8. The first-order chi connectivity index (χ1) is 15.8. The molecular formula is C25H33N3O3S2. The molecule has 2 heterocycles. The number of ether oxygens (including phenoxy) is 1. The molecule has 6 nitrogen and oxygen atoms in total. The Balaban J connectivity index is 1.69. The number of fused-ring (bicyclic) bond motifs is 1. The summed E-state index contributed by atoms with van der Waals surface area (Å²) in [5.74, 6) is 0.696. The highest BCUT2D eigenvalue weighted by atomic mass is 32.2. The van der Waals surface area contributed by atoms with Gasteiger partial charge in [0.2, 0.25) is 0 Å². The molecule has 1 saturated heterocycles. The number of nitrogens with one attached hydrogen (secondary N) is 1. The van der Waals surface area contributed by atoms with E-state index in [9.17, 15) is 8.42 Å². The van der Waals surface area contributed by atoms with Crippen LogP contribution in [0, 0.1) is 16.6 Å². The fourth-order valence-corrected chi connectivity index (χ4v) is 6.31. The van der Waals surface area contributed by atoms with E-state index >= 15 is 0 Å². The highest BCUT2D eigenvalue weighted by molar-refractivity contribution is 7.92. The van der Waals surface area contributed by atoms with Gasteiger partial charge in [0.05, 0.1) is 21.6 Å². The van der Waals surface area contributed by atoms with Gasteiger partial charge in [-0.15, -0.1) is 0 Å². The van der Waals surface area contributed by atoms with E-state index in [2.05, 4.69) is 16.5 Å². The second-order valence-corrected chi connectivity index (χ2v) is 11.5. The highest BCUT2D eigenvalue weighted by Crippen LogP contribution is 2.28. The normalized spacial score (nSPS) is 15.4. The summed E-state index contributed by atoms with van der Waals surface area (Å²) in [6.07, 6.45) is 2.95. The van der Waals surface area contributed by atoms with Crippen molar-refractivity contribution in [1.82, 2.24) is 9.55 Å². The van der Waals surface area contributed by atoms with Crippen LogP contribution in [0.5, 0.6) is 0 Å². The second-order valence-electron chi connectivity index (χ2n) is 9.23. The highest BCUT2D eigenvalue weighted by Gasteiger charge is 2.27. The fourth-order valence-electron chi connectivity index (χ4n) is 4.37. The molecular weight excluding hydrogens is 454 g/mol. The van der Waals surface area contributed by atoms with Crippen LogP contribution in [0.1, 0.15) is 39.2 Å². The van der Waals surface area contributed by atoms with Crippen molar-refractivity contribution in [2.75, 3.05) is 24.1 Å². The van der Waals surface area contributed by atoms with Crippen molar-refractivity contribution in [3.05, 3.63) is 52.8 Å². The van der Waals surface area contributed by atoms with Crippen molar-refractivity contribution < 1.29 is 13.2 Å². The number of hydrogen-bond acceptors (Lipinski definition) is 4. The minimum Gasteiger partial charge on any atom is -0.381 e. The zero-order valence-electron chi connectivity index (χ0n) is 19.6. The van der Waals surface area contributed by atoms with Crippen LogP contribution in [0.15, 0.2) is 47.4 Å². The van der Waals surface area contributed by atoms with Crippen LogP contribution in [-0.4, -0.2) is 37.7 Å². The van der Waals surface area contributed by atoms with Crippen molar-refractivity contribution >= 4 is 39.0 Å². The largest absolute Gasteiger partial charge is 0.381 e. The third kappa shape index (κ3) is 5.18. The third-order valence-electron chi connectivity index (χ3n) is 6.28. The molecule has 0 amide bonds. The smallest absolute Gasteiger partial charge is 0.264 e. The molecule has 1 N–H and O–H groups in total. The Morgan fingerprint density at radius 2 is 1.85 bits per heavy atom. The zero-order chi connectivity index (χ0) is 23.6. The first-order valence-electron chi connectivity index (χ1n) is 11.7. The fraction of sp³-hybridized carbons (Fsp3) is 0.480. The molecule has 3 aromatic rings. The van der Waals surface area contributed by atoms with Gasteiger partial charge in [-0.2, -0.15) is 0 Å². The van der Waals surface area contributed by atoms with Crippen LogP contribution in [-0.2, 0) is 27.7 Å². The summed E-state index contributed by atoms with van der Waals surface area (Å²) in [5, 5.41) is 0. The van der Waals surface area contributed by atoms with Crippen LogP contribution < -0.4 is 4.31 Å². The van der Waals surface area contributed by atoms with Gasteiger partial charge in [-0.3, -0.25) is 4.31 Å². The Kier molecular flexibility index (Phi) is 7.26. The van der Waals surface area contributed by atoms with Crippen molar-refractivity contribution in [1.29, 1.82) is 0 Å². The molecule has 1 aromatic heterocycles. The summed E-state index contributed by atoms with van der Waals surface area (Å²) < 4.78 is 37.2. The van der Waals surface area contributed by atoms with Crippen LogP contribution in [0.3, 0.4) is 0 Å². The molecule has 0 spiro atoms. The number of anilines is 1. The Morgan fingerprint density at radius 3 is 2.48 bits per heavy atom. The number of sulfonamides is 1. The SMILES string of the molecule is CCc1ccc(N(CC(C)C)S(=O)(=O)c2ccc3c(c2)[nH]c(=S)n3CC2CCOCC2)cc1. The number of aryl methyl sites for hydroxylation is 1. The topological polar surface area (TPSA) is 67.3 Å². The zero-order valence-corrected chi connectivity index (χ0v) is 21.2. The van der Waals surface area contributed by atoms with Gasteiger partial charge in [0.1, 0.15) is 0 Å². The van der Waals surface area contributed by atoms with Gasteiger partial charge in [0.15, 0.2) is 4.77 Å². The average molecular weight is 488 g/mol. The molecule has 8 heteroatoms. The predicted octanol–water partition coefficient (Wildman–Crippen LogP) is 5.54. The molecule has 4 rings (SSSR count). The van der Waals surface area contributed by atoms with Gasteiger partial charge < -0.3 is 14.3 Å². The molecule has 0 radical (unpaired) electrons. The van der Waals surface area contributed by atoms with E-state index in [0.717, 1.165) is 50.1 Å². The Morgan fingerprint density at radius 1 is 1.15 bits per heavy atom. The Bertz CT molecular complexity index is 1250. The second kappa shape index (κ2) is 9.99. The monoisotopic (exact) mass is 487 g/mol. The molecule has 0 aliphatic carbocycles. The van der Waals surface area contributed by atoms with Gasteiger partial charge in [-0.05, 0) is 79.2 Å². The van der Waals surface area contributed by atoms with Crippen LogP contribution in [0.4, 0.5) is 5.69 Å². The van der Waals surface area contributed by atoms with Gasteiger partial charge >= 0.3 is 0 Å². The molecule has 0 unspecified atom stereocenters. The van der Waals surface area contributed by atoms with Gasteiger partial charge in [0.25, 0.3) is 10.0 Å². The van der Waals surface area contributed by atoms with E-state index < -0.39 is 10.0 Å². The van der Waals surface area contributed by atoms with Crippen LogP contribution in [0.25, 0.3) is 11.0 Å². The lowest BCUT2D eigenvalue weighted by Crippen LogP contribution is -2.34. The Labute approximate surface area is 201 Å². The number of benzene rings is 2. The van der Waals surface area contributed by atoms with E-state index in [1.54, 1.807) is 12.1 Å². The minimum atomic E-state index is -3.74. The van der Waals surface area contributed by atoms with E-state index in [0.29, 0.717) is 22.9 Å². The molecule has 1 aliphatic heterocycles. The number of imidazole rings is 1. The maximum absolute atomic E-state index is 13.7. The summed E-state index contributed by atoms with van der Waals surface area (Å²) in [4.78, 5) is 3.50. The predicted molar refractivity (Wildman–Crippen MR) is 136 cm³/mol. The lowest BCUT2D eigenvalue weighted by Gasteiger charge is -2.26.